The average Bonchev–Trinajstić information content (AvgIpc) is 2.59. The fourth-order valence-corrected chi connectivity index (χ4v) is 3.52. The SMILES string of the molecule is COc1ccc(Cl)cc1NC(=O)COC(=O)CSc1ccc(Br)cc1C. The lowest BCUT2D eigenvalue weighted by Crippen LogP contribution is -2.22. The number of rotatable bonds is 7. The van der Waals surface area contributed by atoms with Gasteiger partial charge in [-0.25, -0.2) is 0 Å². The number of aryl methyl sites for hydroxylation is 1. The van der Waals surface area contributed by atoms with Gasteiger partial charge in [0.2, 0.25) is 0 Å². The quantitative estimate of drug-likeness (QED) is 0.481. The summed E-state index contributed by atoms with van der Waals surface area (Å²) in [6, 6.07) is 10.7. The van der Waals surface area contributed by atoms with Crippen LogP contribution < -0.4 is 10.1 Å². The number of nitrogens with one attached hydrogen (secondary N) is 1. The Morgan fingerprint density at radius 3 is 2.69 bits per heavy atom. The first-order chi connectivity index (χ1) is 12.4. The van der Waals surface area contributed by atoms with Crippen molar-refractivity contribution in [1.29, 1.82) is 0 Å². The molecular weight excluding hydrogens is 442 g/mol. The van der Waals surface area contributed by atoms with Gasteiger partial charge >= 0.3 is 5.97 Å². The molecule has 0 radical (unpaired) electrons. The predicted molar refractivity (Wildman–Crippen MR) is 107 cm³/mol. The van der Waals surface area contributed by atoms with E-state index in [1.54, 1.807) is 18.2 Å². The molecule has 0 heterocycles. The van der Waals surface area contributed by atoms with Crippen LogP contribution in [0.3, 0.4) is 0 Å². The lowest BCUT2D eigenvalue weighted by atomic mass is 10.2. The van der Waals surface area contributed by atoms with Crippen molar-refractivity contribution in [1.82, 2.24) is 0 Å². The van der Waals surface area contributed by atoms with Gasteiger partial charge in [0.25, 0.3) is 5.91 Å². The third-order valence-electron chi connectivity index (χ3n) is 3.28. The fourth-order valence-electron chi connectivity index (χ4n) is 2.06. The molecule has 0 fully saturated rings. The number of benzene rings is 2. The fraction of sp³-hybridized carbons (Fsp3) is 0.222. The second kappa shape index (κ2) is 9.85. The molecule has 2 aromatic rings. The largest absolute Gasteiger partial charge is 0.495 e. The number of esters is 1. The molecule has 0 bridgehead atoms. The van der Waals surface area contributed by atoms with E-state index in [2.05, 4.69) is 21.2 Å². The van der Waals surface area contributed by atoms with Gasteiger partial charge in [-0.1, -0.05) is 27.5 Å². The second-order valence-corrected chi connectivity index (χ2v) is 7.62. The summed E-state index contributed by atoms with van der Waals surface area (Å²) in [5, 5.41) is 3.07. The highest BCUT2D eigenvalue weighted by molar-refractivity contribution is 9.10. The van der Waals surface area contributed by atoms with Gasteiger partial charge in [-0.2, -0.15) is 0 Å². The Kier molecular flexibility index (Phi) is 7.81. The topological polar surface area (TPSA) is 64.6 Å². The van der Waals surface area contributed by atoms with E-state index in [0.29, 0.717) is 16.5 Å². The number of halogens is 2. The van der Waals surface area contributed by atoms with Crippen molar-refractivity contribution in [3.05, 3.63) is 51.5 Å². The van der Waals surface area contributed by atoms with Crippen LogP contribution in [-0.4, -0.2) is 31.3 Å². The Hall–Kier alpha value is -1.70. The first-order valence-corrected chi connectivity index (χ1v) is 9.72. The van der Waals surface area contributed by atoms with E-state index in [1.165, 1.54) is 18.9 Å². The second-order valence-electron chi connectivity index (χ2n) is 5.25. The first kappa shape index (κ1) is 20.6. The van der Waals surface area contributed by atoms with Crippen molar-refractivity contribution in [2.45, 2.75) is 11.8 Å². The van der Waals surface area contributed by atoms with E-state index in [-0.39, 0.29) is 12.4 Å². The number of thioether (sulfide) groups is 1. The summed E-state index contributed by atoms with van der Waals surface area (Å²) < 4.78 is 11.1. The van der Waals surface area contributed by atoms with Crippen molar-refractivity contribution in [2.75, 3.05) is 24.8 Å². The van der Waals surface area contributed by atoms with E-state index >= 15 is 0 Å². The van der Waals surface area contributed by atoms with Gasteiger partial charge in [0, 0.05) is 14.4 Å². The van der Waals surface area contributed by atoms with Crippen LogP contribution in [0.4, 0.5) is 5.69 Å². The molecule has 0 aliphatic carbocycles. The van der Waals surface area contributed by atoms with E-state index < -0.39 is 11.9 Å². The number of methoxy groups -OCH3 is 1. The molecule has 0 spiro atoms. The summed E-state index contributed by atoms with van der Waals surface area (Å²) in [7, 11) is 1.49. The molecule has 1 amide bonds. The summed E-state index contributed by atoms with van der Waals surface area (Å²) in [6.45, 7) is 1.58. The van der Waals surface area contributed by atoms with Crippen LogP contribution in [0.2, 0.25) is 5.02 Å². The van der Waals surface area contributed by atoms with Gasteiger partial charge in [-0.05, 0) is 48.9 Å². The van der Waals surface area contributed by atoms with Crippen LogP contribution in [0, 0.1) is 6.92 Å². The van der Waals surface area contributed by atoms with E-state index in [1.807, 2.05) is 25.1 Å². The Morgan fingerprint density at radius 2 is 2.00 bits per heavy atom. The van der Waals surface area contributed by atoms with Gasteiger partial charge in [0.1, 0.15) is 5.75 Å². The Bertz CT molecular complexity index is 816. The first-order valence-electron chi connectivity index (χ1n) is 7.57. The molecule has 0 saturated heterocycles. The zero-order chi connectivity index (χ0) is 19.1. The van der Waals surface area contributed by atoms with Gasteiger partial charge < -0.3 is 14.8 Å². The van der Waals surface area contributed by atoms with Gasteiger partial charge in [-0.15, -0.1) is 11.8 Å². The third-order valence-corrected chi connectivity index (χ3v) is 5.16. The maximum absolute atomic E-state index is 12.0. The number of hydrogen-bond acceptors (Lipinski definition) is 5. The highest BCUT2D eigenvalue weighted by Gasteiger charge is 2.12. The molecular formula is C18H17BrClNO4S. The van der Waals surface area contributed by atoms with Crippen LogP contribution in [0.1, 0.15) is 5.56 Å². The van der Waals surface area contributed by atoms with Gasteiger partial charge in [0.05, 0.1) is 18.6 Å². The summed E-state index contributed by atoms with van der Waals surface area (Å²) in [4.78, 5) is 24.8. The van der Waals surface area contributed by atoms with E-state index in [9.17, 15) is 9.59 Å². The van der Waals surface area contributed by atoms with Crippen molar-refractivity contribution in [3.8, 4) is 5.75 Å². The normalized spacial score (nSPS) is 10.3. The summed E-state index contributed by atoms with van der Waals surface area (Å²) >= 11 is 10.7. The molecule has 0 saturated carbocycles. The zero-order valence-corrected chi connectivity index (χ0v) is 17.3. The minimum Gasteiger partial charge on any atom is -0.495 e. The Morgan fingerprint density at radius 1 is 1.23 bits per heavy atom. The molecule has 2 rings (SSSR count). The number of anilines is 1. The number of ether oxygens (including phenoxy) is 2. The summed E-state index contributed by atoms with van der Waals surface area (Å²) in [5.74, 6) is -0.347. The molecule has 0 aromatic heterocycles. The summed E-state index contributed by atoms with van der Waals surface area (Å²) in [6.07, 6.45) is 0. The molecule has 8 heteroatoms. The lowest BCUT2D eigenvalue weighted by molar-refractivity contribution is -0.144. The molecule has 1 N–H and O–H groups in total. The van der Waals surface area contributed by atoms with Gasteiger partial charge in [-0.3, -0.25) is 9.59 Å². The molecule has 138 valence electrons. The van der Waals surface area contributed by atoms with Crippen LogP contribution in [-0.2, 0) is 14.3 Å². The highest BCUT2D eigenvalue weighted by Crippen LogP contribution is 2.28. The van der Waals surface area contributed by atoms with Crippen molar-refractivity contribution in [2.24, 2.45) is 0 Å². The molecule has 2 aromatic carbocycles. The van der Waals surface area contributed by atoms with Crippen LogP contribution in [0.5, 0.6) is 5.75 Å². The minimum absolute atomic E-state index is 0.121. The molecule has 5 nitrogen and oxygen atoms in total. The molecule has 26 heavy (non-hydrogen) atoms. The van der Waals surface area contributed by atoms with Crippen LogP contribution in [0.15, 0.2) is 45.8 Å². The number of carbonyl (C=O) groups is 2. The maximum atomic E-state index is 12.0. The smallest absolute Gasteiger partial charge is 0.316 e. The van der Waals surface area contributed by atoms with Crippen molar-refractivity contribution < 1.29 is 19.1 Å². The minimum atomic E-state index is -0.469. The molecule has 0 atom stereocenters. The maximum Gasteiger partial charge on any atom is 0.316 e. The zero-order valence-electron chi connectivity index (χ0n) is 14.2. The highest BCUT2D eigenvalue weighted by atomic mass is 79.9. The van der Waals surface area contributed by atoms with E-state index in [4.69, 9.17) is 21.1 Å². The Balaban J connectivity index is 1.81. The van der Waals surface area contributed by atoms with Crippen molar-refractivity contribution in [3.63, 3.8) is 0 Å². The number of hydrogen-bond donors (Lipinski definition) is 1. The van der Waals surface area contributed by atoms with Crippen molar-refractivity contribution >= 4 is 56.9 Å². The molecule has 0 aliphatic rings. The standard InChI is InChI=1S/C18H17BrClNO4S/c1-11-7-12(19)3-6-16(11)26-10-18(23)25-9-17(22)21-14-8-13(20)4-5-15(14)24-2/h3-8H,9-10H2,1-2H3,(H,21,22). The number of amides is 1. The van der Waals surface area contributed by atoms with Crippen LogP contribution in [0.25, 0.3) is 0 Å². The van der Waals surface area contributed by atoms with Gasteiger partial charge in [0.15, 0.2) is 6.61 Å². The van der Waals surface area contributed by atoms with E-state index in [0.717, 1.165) is 14.9 Å². The monoisotopic (exact) mass is 457 g/mol. The third kappa shape index (κ3) is 6.23. The lowest BCUT2D eigenvalue weighted by Gasteiger charge is -2.11. The molecule has 0 unspecified atom stereocenters. The Labute approximate surface area is 169 Å². The summed E-state index contributed by atoms with van der Waals surface area (Å²) in [5.41, 5.74) is 1.48. The predicted octanol–water partition coefficient (Wildman–Crippen LogP) is 4.69. The number of carbonyl (C=O) groups excluding carboxylic acids is 2. The average molecular weight is 459 g/mol. The van der Waals surface area contributed by atoms with Crippen LogP contribution >= 0.6 is 39.3 Å². The molecule has 0 aliphatic heterocycles.